The van der Waals surface area contributed by atoms with Gasteiger partial charge in [-0.15, -0.1) is 0 Å². The van der Waals surface area contributed by atoms with Crippen molar-refractivity contribution in [1.29, 1.82) is 0 Å². The predicted molar refractivity (Wildman–Crippen MR) is 91.9 cm³/mol. The molecule has 0 aliphatic heterocycles. The molecule has 0 aromatic rings. The van der Waals surface area contributed by atoms with E-state index in [0.717, 1.165) is 0 Å². The molecule has 0 aromatic carbocycles. The zero-order valence-electron chi connectivity index (χ0n) is 15.2. The van der Waals surface area contributed by atoms with Crippen LogP contribution >= 0.6 is 0 Å². The summed E-state index contributed by atoms with van der Waals surface area (Å²) in [4.78, 5) is 0. The third-order valence-corrected chi connectivity index (χ3v) is 11.5. The van der Waals surface area contributed by atoms with Crippen molar-refractivity contribution in [2.24, 2.45) is 17.3 Å². The minimum Gasteiger partial charge on any atom is -0.414 e. The van der Waals surface area contributed by atoms with Gasteiger partial charge in [0.2, 0.25) is 0 Å². The molecule has 2 aliphatic rings. The molecule has 0 radical (unpaired) electrons. The molecule has 124 valence electrons. The summed E-state index contributed by atoms with van der Waals surface area (Å²) >= 11 is 0. The summed E-state index contributed by atoms with van der Waals surface area (Å²) in [7, 11) is -1.70. The second-order valence-electron chi connectivity index (χ2n) is 9.35. The standard InChI is InChI=1S/C18H36O2Si/c1-13(19)14-10-11-15-16(9-8-12-18(14,15)5)20-21(6,7)17(2,3)4/h13-16,19H,8-12H2,1-7H3/t13-,14+,15-,16-,18+/m0/s1. The van der Waals surface area contributed by atoms with Crippen LogP contribution in [0.2, 0.25) is 18.1 Å². The lowest BCUT2D eigenvalue weighted by Gasteiger charge is -2.49. The first-order valence-electron chi connectivity index (χ1n) is 8.85. The zero-order chi connectivity index (χ0) is 16.1. The SMILES string of the molecule is C[C@H](O)[C@H]1CC[C@H]2[C@@H](O[Si](C)(C)C(C)(C)C)CCC[C@]12C. The Morgan fingerprint density at radius 3 is 2.33 bits per heavy atom. The van der Waals surface area contributed by atoms with Gasteiger partial charge in [-0.05, 0) is 68.0 Å². The van der Waals surface area contributed by atoms with E-state index in [-0.39, 0.29) is 11.1 Å². The van der Waals surface area contributed by atoms with E-state index in [1.807, 2.05) is 6.92 Å². The average Bonchev–Trinajstić information content (AvgIpc) is 2.65. The summed E-state index contributed by atoms with van der Waals surface area (Å²) in [5.74, 6) is 1.12. The van der Waals surface area contributed by atoms with E-state index in [2.05, 4.69) is 40.8 Å². The first kappa shape index (κ1) is 17.5. The van der Waals surface area contributed by atoms with Gasteiger partial charge in [-0.1, -0.05) is 34.1 Å². The molecule has 3 heteroatoms. The molecule has 0 unspecified atom stereocenters. The van der Waals surface area contributed by atoms with E-state index in [0.29, 0.717) is 23.4 Å². The molecule has 2 nitrogen and oxygen atoms in total. The van der Waals surface area contributed by atoms with Crippen molar-refractivity contribution in [3.8, 4) is 0 Å². The van der Waals surface area contributed by atoms with Gasteiger partial charge in [0.1, 0.15) is 0 Å². The number of rotatable bonds is 3. The summed E-state index contributed by atoms with van der Waals surface area (Å²) in [6.45, 7) is 16.1. The lowest BCUT2D eigenvalue weighted by atomic mass is 9.63. The number of fused-ring (bicyclic) bond motifs is 1. The summed E-state index contributed by atoms with van der Waals surface area (Å²) in [6, 6.07) is 0. The van der Waals surface area contributed by atoms with Crippen LogP contribution in [0.4, 0.5) is 0 Å². The van der Waals surface area contributed by atoms with Crippen molar-refractivity contribution in [2.45, 2.75) is 97.1 Å². The van der Waals surface area contributed by atoms with E-state index in [4.69, 9.17) is 4.43 Å². The normalized spacial score (nSPS) is 39.1. The van der Waals surface area contributed by atoms with Gasteiger partial charge >= 0.3 is 0 Å². The minimum atomic E-state index is -1.70. The second-order valence-corrected chi connectivity index (χ2v) is 14.1. The molecule has 0 bridgehead atoms. The number of hydrogen-bond donors (Lipinski definition) is 1. The van der Waals surface area contributed by atoms with Crippen molar-refractivity contribution in [3.05, 3.63) is 0 Å². The Morgan fingerprint density at radius 2 is 1.81 bits per heavy atom. The van der Waals surface area contributed by atoms with Crippen LogP contribution in [-0.4, -0.2) is 25.6 Å². The maximum Gasteiger partial charge on any atom is 0.192 e. The zero-order valence-corrected chi connectivity index (χ0v) is 16.2. The average molecular weight is 313 g/mol. The predicted octanol–water partition coefficient (Wildman–Crippen LogP) is 4.97. The van der Waals surface area contributed by atoms with Crippen LogP contribution in [0.25, 0.3) is 0 Å². The van der Waals surface area contributed by atoms with Crippen LogP contribution < -0.4 is 0 Å². The third-order valence-electron chi connectivity index (χ3n) is 6.97. The van der Waals surface area contributed by atoms with E-state index in [1.165, 1.54) is 32.1 Å². The summed E-state index contributed by atoms with van der Waals surface area (Å²) in [6.07, 6.45) is 6.42. The Labute approximate surface area is 132 Å². The fourth-order valence-electron chi connectivity index (χ4n) is 4.65. The van der Waals surface area contributed by atoms with Crippen molar-refractivity contribution in [3.63, 3.8) is 0 Å². The summed E-state index contributed by atoms with van der Waals surface area (Å²) < 4.78 is 6.81. The van der Waals surface area contributed by atoms with E-state index in [9.17, 15) is 5.11 Å². The first-order valence-corrected chi connectivity index (χ1v) is 11.8. The summed E-state index contributed by atoms with van der Waals surface area (Å²) in [5.41, 5.74) is 0.291. The minimum absolute atomic E-state index is 0.174. The number of aliphatic hydroxyl groups is 1. The topological polar surface area (TPSA) is 29.5 Å². The molecule has 2 fully saturated rings. The molecule has 0 spiro atoms. The van der Waals surface area contributed by atoms with Gasteiger partial charge in [0.05, 0.1) is 6.10 Å². The van der Waals surface area contributed by atoms with Crippen molar-refractivity contribution >= 4 is 8.32 Å². The highest BCUT2D eigenvalue weighted by molar-refractivity contribution is 6.74. The quantitative estimate of drug-likeness (QED) is 0.745. The van der Waals surface area contributed by atoms with Crippen molar-refractivity contribution in [2.75, 3.05) is 0 Å². The molecular formula is C18H36O2Si. The van der Waals surface area contributed by atoms with Crippen LogP contribution in [0.15, 0.2) is 0 Å². The smallest absolute Gasteiger partial charge is 0.192 e. The molecular weight excluding hydrogens is 276 g/mol. The third kappa shape index (κ3) is 3.11. The van der Waals surface area contributed by atoms with E-state index in [1.54, 1.807) is 0 Å². The molecule has 2 saturated carbocycles. The Morgan fingerprint density at radius 1 is 1.19 bits per heavy atom. The van der Waals surface area contributed by atoms with Crippen LogP contribution in [0.5, 0.6) is 0 Å². The Hall–Kier alpha value is 0.137. The van der Waals surface area contributed by atoms with E-state index < -0.39 is 8.32 Å². The fourth-order valence-corrected chi connectivity index (χ4v) is 6.04. The molecule has 1 N–H and O–H groups in total. The van der Waals surface area contributed by atoms with Gasteiger partial charge in [0, 0.05) is 6.10 Å². The first-order chi connectivity index (χ1) is 9.49. The van der Waals surface area contributed by atoms with Crippen LogP contribution in [0.3, 0.4) is 0 Å². The molecule has 0 heterocycles. The summed E-state index contributed by atoms with van der Waals surface area (Å²) in [5, 5.41) is 10.5. The van der Waals surface area contributed by atoms with Gasteiger partial charge in [-0.25, -0.2) is 0 Å². The number of hydrogen-bond acceptors (Lipinski definition) is 2. The van der Waals surface area contributed by atoms with Gasteiger partial charge in [0.15, 0.2) is 8.32 Å². The fraction of sp³-hybridized carbons (Fsp3) is 1.00. The lowest BCUT2D eigenvalue weighted by molar-refractivity contribution is -0.0384. The van der Waals surface area contributed by atoms with Crippen LogP contribution in [0.1, 0.15) is 66.7 Å². The van der Waals surface area contributed by atoms with Gasteiger partial charge in [0.25, 0.3) is 0 Å². The molecule has 5 atom stereocenters. The van der Waals surface area contributed by atoms with E-state index >= 15 is 0 Å². The van der Waals surface area contributed by atoms with Crippen molar-refractivity contribution < 1.29 is 9.53 Å². The van der Waals surface area contributed by atoms with Gasteiger partial charge in [-0.2, -0.15) is 0 Å². The lowest BCUT2D eigenvalue weighted by Crippen LogP contribution is -2.50. The largest absolute Gasteiger partial charge is 0.414 e. The second kappa shape index (κ2) is 5.65. The van der Waals surface area contributed by atoms with Crippen LogP contribution in [0, 0.1) is 17.3 Å². The Kier molecular flexibility index (Phi) is 4.70. The maximum absolute atomic E-state index is 10.2. The molecule has 0 aromatic heterocycles. The highest BCUT2D eigenvalue weighted by atomic mass is 28.4. The maximum atomic E-state index is 10.2. The van der Waals surface area contributed by atoms with Gasteiger partial charge in [-0.3, -0.25) is 0 Å². The number of aliphatic hydroxyl groups excluding tert-OH is 1. The highest BCUT2D eigenvalue weighted by Crippen LogP contribution is 2.58. The van der Waals surface area contributed by atoms with Gasteiger partial charge < -0.3 is 9.53 Å². The molecule has 2 rings (SSSR count). The molecule has 0 saturated heterocycles. The Balaban J connectivity index is 2.17. The van der Waals surface area contributed by atoms with Crippen LogP contribution in [-0.2, 0) is 4.43 Å². The molecule has 0 amide bonds. The van der Waals surface area contributed by atoms with Crippen molar-refractivity contribution in [1.82, 2.24) is 0 Å². The molecule has 21 heavy (non-hydrogen) atoms. The molecule has 2 aliphatic carbocycles. The highest BCUT2D eigenvalue weighted by Gasteiger charge is 2.54. The monoisotopic (exact) mass is 312 g/mol. The Bertz CT molecular complexity index is 372.